The smallest absolute Gasteiger partial charge is 0.130 e. The Labute approximate surface area is 207 Å². The number of thioether (sulfide) groups is 2. The first-order valence-corrected chi connectivity index (χ1v) is 16.2. The van der Waals surface area contributed by atoms with Crippen LogP contribution in [-0.2, 0) is 0 Å². The molecule has 1 aromatic rings. The molecule has 0 unspecified atom stereocenters. The topological polar surface area (TPSA) is 25.8 Å². The van der Waals surface area contributed by atoms with Crippen molar-refractivity contribution in [3.8, 4) is 0 Å². The summed E-state index contributed by atoms with van der Waals surface area (Å²) in [4.78, 5) is 0. The minimum Gasteiger partial charge on any atom is -0.130 e. The quantitative estimate of drug-likeness (QED) is 0.107. The molecule has 0 atom stereocenters. The Hall–Kier alpha value is 0.260. The normalized spacial score (nSPS) is 11.4. The van der Waals surface area contributed by atoms with Crippen LogP contribution in [0.25, 0.3) is 0 Å². The number of nitrogens with zero attached hydrogens (tertiary/aromatic N) is 2. The van der Waals surface area contributed by atoms with Crippen molar-refractivity contribution in [2.45, 2.75) is 151 Å². The van der Waals surface area contributed by atoms with E-state index in [1.807, 2.05) is 23.5 Å². The largest absolute Gasteiger partial charge is 0.145 e. The van der Waals surface area contributed by atoms with E-state index in [1.54, 1.807) is 11.5 Å². The van der Waals surface area contributed by atoms with Crippen LogP contribution in [0.15, 0.2) is 9.24 Å². The highest BCUT2D eigenvalue weighted by molar-refractivity contribution is 8.03. The highest BCUT2D eigenvalue weighted by Crippen LogP contribution is 2.33. The molecule has 0 radical (unpaired) electrons. The lowest BCUT2D eigenvalue weighted by atomic mass is 10.1. The minimum absolute atomic E-state index is 1.19. The van der Waals surface area contributed by atoms with Crippen LogP contribution < -0.4 is 0 Å². The lowest BCUT2D eigenvalue weighted by molar-refractivity contribution is 0.563. The van der Waals surface area contributed by atoms with Gasteiger partial charge in [0.25, 0.3) is 0 Å². The second-order valence-corrected chi connectivity index (χ2v) is 12.1. The van der Waals surface area contributed by atoms with Crippen molar-refractivity contribution < 1.29 is 0 Å². The molecular weight excluding hydrogens is 437 g/mol. The van der Waals surface area contributed by atoms with Crippen LogP contribution in [0.4, 0.5) is 0 Å². The third-order valence-corrected chi connectivity index (χ3v) is 9.26. The van der Waals surface area contributed by atoms with Crippen molar-refractivity contribution in [3.63, 3.8) is 0 Å². The Balaban J connectivity index is 1.91. The van der Waals surface area contributed by atoms with Crippen LogP contribution in [0.3, 0.4) is 0 Å². The Bertz CT molecular complexity index is 438. The molecule has 0 aromatic carbocycles. The van der Waals surface area contributed by atoms with E-state index < -0.39 is 0 Å². The maximum absolute atomic E-state index is 4.38. The Kier molecular flexibility index (Phi) is 22.1. The summed E-state index contributed by atoms with van der Waals surface area (Å²) in [5.41, 5.74) is 0. The van der Waals surface area contributed by atoms with E-state index in [2.05, 4.69) is 23.4 Å². The lowest BCUT2D eigenvalue weighted by Crippen LogP contribution is -1.86. The second-order valence-electron chi connectivity index (χ2n) is 8.93. The molecule has 1 rings (SSSR count). The average Bonchev–Trinajstić information content (AvgIpc) is 3.23. The number of hydrogen-bond donors (Lipinski definition) is 0. The number of rotatable bonds is 24. The van der Waals surface area contributed by atoms with Crippen molar-refractivity contribution in [3.05, 3.63) is 0 Å². The molecule has 0 bridgehead atoms. The summed E-state index contributed by atoms with van der Waals surface area (Å²) in [5, 5.41) is 5.57. The first-order chi connectivity index (χ1) is 15.4. The van der Waals surface area contributed by atoms with Gasteiger partial charge in [-0.3, -0.25) is 0 Å². The molecule has 0 saturated carbocycles. The van der Waals surface area contributed by atoms with Gasteiger partial charge < -0.3 is 0 Å². The summed E-state index contributed by atoms with van der Waals surface area (Å²) in [6, 6.07) is 0. The second kappa shape index (κ2) is 23.4. The van der Waals surface area contributed by atoms with Crippen molar-refractivity contribution >= 4 is 35.1 Å². The van der Waals surface area contributed by atoms with Gasteiger partial charge in [-0.05, 0) is 35.9 Å². The zero-order valence-corrected chi connectivity index (χ0v) is 23.1. The molecule has 0 fully saturated rings. The van der Waals surface area contributed by atoms with Gasteiger partial charge in [-0.2, -0.15) is 0 Å². The van der Waals surface area contributed by atoms with E-state index in [0.29, 0.717) is 0 Å². The van der Waals surface area contributed by atoms with Gasteiger partial charge in [0.05, 0.1) is 0 Å². The van der Waals surface area contributed by atoms with Gasteiger partial charge in [-0.1, -0.05) is 134 Å². The molecule has 1 aromatic heterocycles. The zero-order valence-electron chi connectivity index (χ0n) is 20.7. The highest BCUT2D eigenvalue weighted by atomic mass is 32.2. The van der Waals surface area contributed by atoms with E-state index in [1.165, 1.54) is 149 Å². The van der Waals surface area contributed by atoms with Gasteiger partial charge in [-0.25, -0.2) is 0 Å². The predicted octanol–water partition coefficient (Wildman–Crippen LogP) is 10.6. The molecule has 0 aliphatic rings. The Morgan fingerprint density at radius 3 is 1.35 bits per heavy atom. The molecule has 0 aliphatic carbocycles. The lowest BCUT2D eigenvalue weighted by Gasteiger charge is -2.04. The summed E-state index contributed by atoms with van der Waals surface area (Å²) in [5.74, 6) is 2.43. The van der Waals surface area contributed by atoms with Gasteiger partial charge in [0.15, 0.2) is 0 Å². The van der Waals surface area contributed by atoms with Gasteiger partial charge in [0, 0.05) is 0 Å². The predicted molar refractivity (Wildman–Crippen MR) is 145 cm³/mol. The first kappa shape index (κ1) is 29.3. The Morgan fingerprint density at radius 2 is 0.903 bits per heavy atom. The van der Waals surface area contributed by atoms with Gasteiger partial charge in [0.2, 0.25) is 0 Å². The number of hydrogen-bond acceptors (Lipinski definition) is 5. The summed E-state index contributed by atoms with van der Waals surface area (Å²) in [6.45, 7) is 4.58. The third-order valence-electron chi connectivity index (χ3n) is 5.90. The van der Waals surface area contributed by atoms with Crippen LogP contribution in [0.2, 0.25) is 0 Å². The van der Waals surface area contributed by atoms with E-state index >= 15 is 0 Å². The monoisotopic (exact) mass is 486 g/mol. The van der Waals surface area contributed by atoms with Crippen LogP contribution in [0, 0.1) is 0 Å². The average molecular weight is 487 g/mol. The molecule has 1 heterocycles. The van der Waals surface area contributed by atoms with E-state index in [-0.39, 0.29) is 0 Å². The Morgan fingerprint density at radius 1 is 0.516 bits per heavy atom. The van der Waals surface area contributed by atoms with Crippen LogP contribution in [-0.4, -0.2) is 21.1 Å². The molecule has 31 heavy (non-hydrogen) atoms. The molecule has 0 saturated heterocycles. The maximum Gasteiger partial charge on any atom is 0.145 e. The van der Waals surface area contributed by atoms with Gasteiger partial charge >= 0.3 is 0 Å². The van der Waals surface area contributed by atoms with E-state index in [9.17, 15) is 0 Å². The number of aromatic nitrogens is 2. The van der Waals surface area contributed by atoms with Crippen molar-refractivity contribution in [2.75, 3.05) is 11.5 Å². The standard InChI is InChI=1S/C26H50N2S3/c1-3-5-7-9-11-13-15-17-19-21-23-29-25-26(31-28-27-25)30-24-22-20-18-16-14-12-10-8-6-4-2/h3-24H2,1-2H3. The molecule has 182 valence electrons. The minimum atomic E-state index is 1.19. The molecule has 0 amide bonds. The van der Waals surface area contributed by atoms with Crippen LogP contribution in [0.1, 0.15) is 142 Å². The summed E-state index contributed by atoms with van der Waals surface area (Å²) in [6.07, 6.45) is 28.2. The zero-order chi connectivity index (χ0) is 22.2. The van der Waals surface area contributed by atoms with E-state index in [0.717, 1.165) is 0 Å². The van der Waals surface area contributed by atoms with Crippen LogP contribution >= 0.6 is 35.1 Å². The fourth-order valence-corrected chi connectivity index (χ4v) is 6.89. The highest BCUT2D eigenvalue weighted by Gasteiger charge is 2.09. The fraction of sp³-hybridized carbons (Fsp3) is 0.923. The molecule has 0 spiro atoms. The summed E-state index contributed by atoms with van der Waals surface area (Å²) < 4.78 is 5.57. The SMILES string of the molecule is CCCCCCCCCCCCSc1nnsc1SCCCCCCCCCCCC. The van der Waals surface area contributed by atoms with Crippen molar-refractivity contribution in [2.24, 2.45) is 0 Å². The molecule has 0 N–H and O–H groups in total. The molecular formula is C26H50N2S3. The summed E-state index contributed by atoms with van der Waals surface area (Å²) in [7, 11) is 0. The van der Waals surface area contributed by atoms with Crippen molar-refractivity contribution in [1.82, 2.24) is 9.59 Å². The number of unbranched alkanes of at least 4 members (excludes halogenated alkanes) is 18. The van der Waals surface area contributed by atoms with Gasteiger partial charge in [-0.15, -0.1) is 28.6 Å². The first-order valence-electron chi connectivity index (χ1n) is 13.5. The van der Waals surface area contributed by atoms with Gasteiger partial charge in [0.1, 0.15) is 9.24 Å². The molecule has 5 heteroatoms. The molecule has 2 nitrogen and oxygen atoms in total. The molecule has 0 aliphatic heterocycles. The third kappa shape index (κ3) is 18.4. The summed E-state index contributed by atoms with van der Waals surface area (Å²) >= 11 is 5.51. The van der Waals surface area contributed by atoms with Crippen molar-refractivity contribution in [1.29, 1.82) is 0 Å². The van der Waals surface area contributed by atoms with E-state index in [4.69, 9.17) is 0 Å². The fourth-order valence-electron chi connectivity index (χ4n) is 3.86. The maximum atomic E-state index is 4.38. The van der Waals surface area contributed by atoms with Crippen LogP contribution in [0.5, 0.6) is 0 Å².